The van der Waals surface area contributed by atoms with Crippen molar-refractivity contribution in [1.29, 1.82) is 0 Å². The van der Waals surface area contributed by atoms with Crippen molar-refractivity contribution in [3.05, 3.63) is 109 Å². The number of ether oxygens (including phenoxy) is 3. The molecule has 0 spiro atoms. The van der Waals surface area contributed by atoms with E-state index in [2.05, 4.69) is 130 Å². The minimum absolute atomic E-state index is 0.0995. The molecular formula is C72H122O6. The van der Waals surface area contributed by atoms with Gasteiger partial charge in [0.2, 0.25) is 0 Å². The second kappa shape index (κ2) is 65.6. The molecule has 1 unspecified atom stereocenters. The standard InChI is InChI=1S/C72H122O6/c1-4-7-10-13-16-19-22-25-28-31-33-34-35-36-37-38-39-42-44-47-50-53-56-59-62-65-71(74)77-68-69(67-76-70(73)64-61-58-55-52-49-46-43-40-30-27-24-21-18-15-12-9-6-3)78-72(75)66-63-60-57-54-51-48-45-41-32-29-26-23-20-17-14-11-8-5-2/h9,12,18,20-23,25,27,29-33,43,46,52,55,69H,4-8,10-11,13-17,19,24,26,28,34-42,44-45,47-51,53-54,56-68H2,1-3H3/b12-9-,21-18-,23-20-,25-22-,30-27-,32-29-,33-31-,46-43-,55-52-. The van der Waals surface area contributed by atoms with Crippen molar-refractivity contribution in [3.63, 3.8) is 0 Å². The fourth-order valence-electron chi connectivity index (χ4n) is 9.07. The fraction of sp³-hybridized carbons (Fsp3) is 0.708. The largest absolute Gasteiger partial charge is 0.462 e. The van der Waals surface area contributed by atoms with E-state index in [0.717, 1.165) is 96.3 Å². The van der Waals surface area contributed by atoms with E-state index in [1.54, 1.807) is 0 Å². The molecule has 0 amide bonds. The molecule has 0 radical (unpaired) electrons. The third kappa shape index (κ3) is 62.9. The molecule has 446 valence electrons. The molecule has 0 bridgehead atoms. The lowest BCUT2D eigenvalue weighted by Crippen LogP contribution is -2.30. The summed E-state index contributed by atoms with van der Waals surface area (Å²) in [4.78, 5) is 38.3. The van der Waals surface area contributed by atoms with Gasteiger partial charge in [-0.25, -0.2) is 0 Å². The van der Waals surface area contributed by atoms with Crippen LogP contribution < -0.4 is 0 Å². The van der Waals surface area contributed by atoms with Crippen LogP contribution in [0.15, 0.2) is 109 Å². The molecule has 1 atom stereocenters. The minimum Gasteiger partial charge on any atom is -0.462 e. The number of esters is 3. The zero-order valence-corrected chi connectivity index (χ0v) is 51.2. The molecule has 0 aliphatic carbocycles. The molecule has 6 nitrogen and oxygen atoms in total. The summed E-state index contributed by atoms with van der Waals surface area (Å²) in [7, 11) is 0. The number of rotatable bonds is 59. The Bertz CT molecular complexity index is 1570. The van der Waals surface area contributed by atoms with Crippen LogP contribution in [0.1, 0.15) is 310 Å². The van der Waals surface area contributed by atoms with Gasteiger partial charge in [0.1, 0.15) is 13.2 Å². The second-order valence-electron chi connectivity index (χ2n) is 21.6. The SMILES string of the molecule is CC/C=C\C/C=C\C/C=C\C/C=C\C/C=C\CCCC(=O)OCC(COC(=O)CCCCCCCCCCCCCCC/C=C\C/C=C\CCCCCCC)OC(=O)CCCCCCCCC/C=C\C/C=C\CCCCCC. The van der Waals surface area contributed by atoms with E-state index in [9.17, 15) is 14.4 Å². The molecular weight excluding hydrogens is 961 g/mol. The molecule has 0 aromatic rings. The molecule has 0 rings (SSSR count). The Hall–Kier alpha value is -3.93. The lowest BCUT2D eigenvalue weighted by Gasteiger charge is -2.18. The highest BCUT2D eigenvalue weighted by Gasteiger charge is 2.19. The maximum absolute atomic E-state index is 12.9. The third-order valence-corrected chi connectivity index (χ3v) is 14.0. The van der Waals surface area contributed by atoms with Gasteiger partial charge in [0.25, 0.3) is 0 Å². The molecule has 0 fully saturated rings. The molecule has 78 heavy (non-hydrogen) atoms. The summed E-state index contributed by atoms with van der Waals surface area (Å²) < 4.78 is 16.9. The average Bonchev–Trinajstić information content (AvgIpc) is 3.44. The molecule has 0 saturated carbocycles. The first-order valence-corrected chi connectivity index (χ1v) is 32.9. The van der Waals surface area contributed by atoms with Gasteiger partial charge in [-0.05, 0) is 122 Å². The van der Waals surface area contributed by atoms with Crippen molar-refractivity contribution in [2.24, 2.45) is 0 Å². The summed E-state index contributed by atoms with van der Waals surface area (Å²) >= 11 is 0. The van der Waals surface area contributed by atoms with E-state index in [0.29, 0.717) is 19.3 Å². The summed E-state index contributed by atoms with van der Waals surface area (Å²) in [5.74, 6) is -0.961. The van der Waals surface area contributed by atoms with Gasteiger partial charge in [0.05, 0.1) is 0 Å². The Morgan fingerprint density at radius 3 is 0.846 bits per heavy atom. The Kier molecular flexibility index (Phi) is 62.3. The Balaban J connectivity index is 4.41. The van der Waals surface area contributed by atoms with Crippen LogP contribution in [0.5, 0.6) is 0 Å². The molecule has 0 aliphatic rings. The zero-order valence-electron chi connectivity index (χ0n) is 51.2. The Morgan fingerprint density at radius 2 is 0.513 bits per heavy atom. The lowest BCUT2D eigenvalue weighted by atomic mass is 10.0. The minimum atomic E-state index is -0.809. The molecule has 0 N–H and O–H groups in total. The molecule has 0 saturated heterocycles. The summed E-state index contributed by atoms with van der Waals surface area (Å²) in [6, 6.07) is 0. The van der Waals surface area contributed by atoms with E-state index < -0.39 is 6.10 Å². The van der Waals surface area contributed by atoms with Crippen molar-refractivity contribution in [1.82, 2.24) is 0 Å². The quantitative estimate of drug-likeness (QED) is 0.0261. The van der Waals surface area contributed by atoms with Crippen molar-refractivity contribution >= 4 is 17.9 Å². The van der Waals surface area contributed by atoms with Crippen LogP contribution in [0.25, 0.3) is 0 Å². The van der Waals surface area contributed by atoms with Crippen LogP contribution in [0, 0.1) is 0 Å². The van der Waals surface area contributed by atoms with Crippen LogP contribution in [0.2, 0.25) is 0 Å². The highest BCUT2D eigenvalue weighted by molar-refractivity contribution is 5.71. The van der Waals surface area contributed by atoms with Gasteiger partial charge in [-0.15, -0.1) is 0 Å². The first kappa shape index (κ1) is 74.1. The number of hydrogen-bond acceptors (Lipinski definition) is 6. The highest BCUT2D eigenvalue weighted by Crippen LogP contribution is 2.16. The lowest BCUT2D eigenvalue weighted by molar-refractivity contribution is -0.167. The van der Waals surface area contributed by atoms with E-state index in [4.69, 9.17) is 14.2 Å². The Labute approximate surface area is 482 Å². The smallest absolute Gasteiger partial charge is 0.306 e. The zero-order chi connectivity index (χ0) is 56.4. The monoisotopic (exact) mass is 1080 g/mol. The fourth-order valence-corrected chi connectivity index (χ4v) is 9.07. The number of hydrogen-bond donors (Lipinski definition) is 0. The van der Waals surface area contributed by atoms with Gasteiger partial charge in [-0.1, -0.05) is 278 Å². The first-order chi connectivity index (χ1) is 38.5. The maximum Gasteiger partial charge on any atom is 0.306 e. The predicted octanol–water partition coefficient (Wildman–Crippen LogP) is 22.6. The van der Waals surface area contributed by atoms with Gasteiger partial charge in [-0.2, -0.15) is 0 Å². The van der Waals surface area contributed by atoms with Crippen LogP contribution >= 0.6 is 0 Å². The van der Waals surface area contributed by atoms with E-state index in [-0.39, 0.29) is 37.5 Å². The first-order valence-electron chi connectivity index (χ1n) is 32.9. The summed E-state index contributed by atoms with van der Waals surface area (Å²) in [5, 5.41) is 0. The maximum atomic E-state index is 12.9. The summed E-state index contributed by atoms with van der Waals surface area (Å²) in [5.41, 5.74) is 0. The van der Waals surface area contributed by atoms with Crippen molar-refractivity contribution in [2.45, 2.75) is 316 Å². The summed E-state index contributed by atoms with van der Waals surface area (Å²) in [6.07, 6.45) is 89.6. The van der Waals surface area contributed by atoms with Crippen LogP contribution in [0.3, 0.4) is 0 Å². The van der Waals surface area contributed by atoms with E-state index >= 15 is 0 Å². The topological polar surface area (TPSA) is 78.9 Å². The van der Waals surface area contributed by atoms with Crippen LogP contribution in [0.4, 0.5) is 0 Å². The van der Waals surface area contributed by atoms with Crippen molar-refractivity contribution in [2.75, 3.05) is 13.2 Å². The molecule has 0 aromatic heterocycles. The van der Waals surface area contributed by atoms with Gasteiger partial charge in [0.15, 0.2) is 6.10 Å². The number of carbonyl (C=O) groups excluding carboxylic acids is 3. The van der Waals surface area contributed by atoms with Gasteiger partial charge < -0.3 is 14.2 Å². The van der Waals surface area contributed by atoms with Gasteiger partial charge >= 0.3 is 17.9 Å². The van der Waals surface area contributed by atoms with Gasteiger partial charge in [0, 0.05) is 19.3 Å². The highest BCUT2D eigenvalue weighted by atomic mass is 16.6. The number of unbranched alkanes of at least 4 members (excludes halogenated alkanes) is 30. The van der Waals surface area contributed by atoms with E-state index in [1.807, 2.05) is 0 Å². The molecule has 0 aromatic carbocycles. The third-order valence-electron chi connectivity index (χ3n) is 14.0. The second-order valence-corrected chi connectivity index (χ2v) is 21.6. The van der Waals surface area contributed by atoms with Crippen LogP contribution in [-0.4, -0.2) is 37.2 Å². The predicted molar refractivity (Wildman–Crippen MR) is 339 cm³/mol. The van der Waals surface area contributed by atoms with Gasteiger partial charge in [-0.3, -0.25) is 14.4 Å². The summed E-state index contributed by atoms with van der Waals surface area (Å²) in [6.45, 7) is 6.47. The van der Waals surface area contributed by atoms with Crippen molar-refractivity contribution < 1.29 is 28.6 Å². The Morgan fingerprint density at radius 1 is 0.269 bits per heavy atom. The molecule has 6 heteroatoms. The molecule has 0 aliphatic heterocycles. The normalized spacial score (nSPS) is 12.8. The van der Waals surface area contributed by atoms with E-state index in [1.165, 1.54) is 167 Å². The van der Waals surface area contributed by atoms with Crippen LogP contribution in [-0.2, 0) is 28.6 Å². The number of allylic oxidation sites excluding steroid dienone is 18. The molecule has 0 heterocycles. The number of carbonyl (C=O) groups is 3. The van der Waals surface area contributed by atoms with Crippen molar-refractivity contribution in [3.8, 4) is 0 Å². The average molecular weight is 1080 g/mol.